The molecule has 7 heteroatoms. The SMILES string of the molecule is Cc1ccc(CN(CC(=O)Nc2ccc(I)cc2)S(=O)(=O)c2ccc(C)cc2)cc1. The lowest BCUT2D eigenvalue weighted by molar-refractivity contribution is -0.116. The summed E-state index contributed by atoms with van der Waals surface area (Å²) in [4.78, 5) is 12.8. The minimum absolute atomic E-state index is 0.108. The second kappa shape index (κ2) is 9.72. The van der Waals surface area contributed by atoms with Gasteiger partial charge in [0.25, 0.3) is 0 Å². The lowest BCUT2D eigenvalue weighted by Crippen LogP contribution is -2.37. The highest BCUT2D eigenvalue weighted by Gasteiger charge is 2.27. The molecule has 156 valence electrons. The van der Waals surface area contributed by atoms with E-state index in [1.165, 1.54) is 4.31 Å². The van der Waals surface area contributed by atoms with E-state index in [1.807, 2.05) is 50.2 Å². The number of benzene rings is 3. The molecular formula is C23H23IN2O3S. The van der Waals surface area contributed by atoms with Crippen LogP contribution in [0, 0.1) is 17.4 Å². The van der Waals surface area contributed by atoms with Gasteiger partial charge in [0, 0.05) is 15.8 Å². The van der Waals surface area contributed by atoms with Crippen molar-refractivity contribution >= 4 is 44.2 Å². The predicted octanol–water partition coefficient (Wildman–Crippen LogP) is 4.74. The smallest absolute Gasteiger partial charge is 0.243 e. The number of halogens is 1. The molecule has 0 spiro atoms. The molecule has 30 heavy (non-hydrogen) atoms. The van der Waals surface area contributed by atoms with Gasteiger partial charge < -0.3 is 5.32 Å². The highest BCUT2D eigenvalue weighted by Crippen LogP contribution is 2.20. The number of rotatable bonds is 7. The Kier molecular flexibility index (Phi) is 7.27. The van der Waals surface area contributed by atoms with Gasteiger partial charge in [0.05, 0.1) is 11.4 Å². The molecule has 5 nitrogen and oxygen atoms in total. The van der Waals surface area contributed by atoms with Crippen molar-refractivity contribution in [1.29, 1.82) is 0 Å². The fourth-order valence-electron chi connectivity index (χ4n) is 2.88. The first-order valence-corrected chi connectivity index (χ1v) is 11.9. The average molecular weight is 534 g/mol. The van der Waals surface area contributed by atoms with E-state index in [9.17, 15) is 13.2 Å². The summed E-state index contributed by atoms with van der Waals surface area (Å²) < 4.78 is 28.8. The molecule has 0 unspecified atom stereocenters. The van der Waals surface area contributed by atoms with E-state index in [0.29, 0.717) is 5.69 Å². The van der Waals surface area contributed by atoms with Crippen molar-refractivity contribution in [1.82, 2.24) is 4.31 Å². The summed E-state index contributed by atoms with van der Waals surface area (Å²) in [6.07, 6.45) is 0. The van der Waals surface area contributed by atoms with Crippen molar-refractivity contribution in [2.75, 3.05) is 11.9 Å². The molecule has 0 bridgehead atoms. The molecule has 0 atom stereocenters. The van der Waals surface area contributed by atoms with Crippen molar-refractivity contribution in [3.8, 4) is 0 Å². The Hall–Kier alpha value is -2.23. The molecule has 0 heterocycles. The van der Waals surface area contributed by atoms with E-state index >= 15 is 0 Å². The van der Waals surface area contributed by atoms with E-state index < -0.39 is 10.0 Å². The molecule has 1 amide bonds. The zero-order chi connectivity index (χ0) is 21.7. The zero-order valence-electron chi connectivity index (χ0n) is 16.8. The molecule has 0 saturated carbocycles. The van der Waals surface area contributed by atoms with E-state index in [4.69, 9.17) is 0 Å². The number of sulfonamides is 1. The highest BCUT2D eigenvalue weighted by atomic mass is 127. The first-order chi connectivity index (χ1) is 14.2. The van der Waals surface area contributed by atoms with E-state index in [2.05, 4.69) is 27.9 Å². The second-order valence-corrected chi connectivity index (χ2v) is 10.3. The summed E-state index contributed by atoms with van der Waals surface area (Å²) >= 11 is 2.18. The van der Waals surface area contributed by atoms with Gasteiger partial charge in [-0.25, -0.2) is 8.42 Å². The van der Waals surface area contributed by atoms with Gasteiger partial charge >= 0.3 is 0 Å². The number of hydrogen-bond acceptors (Lipinski definition) is 3. The van der Waals surface area contributed by atoms with Gasteiger partial charge in [-0.05, 0) is 78.4 Å². The first-order valence-electron chi connectivity index (χ1n) is 9.42. The van der Waals surface area contributed by atoms with Crippen LogP contribution in [0.2, 0.25) is 0 Å². The molecule has 0 aromatic heterocycles. The van der Waals surface area contributed by atoms with Crippen LogP contribution in [0.5, 0.6) is 0 Å². The topological polar surface area (TPSA) is 66.5 Å². The molecule has 0 radical (unpaired) electrons. The largest absolute Gasteiger partial charge is 0.325 e. The van der Waals surface area contributed by atoms with Gasteiger partial charge in [0.15, 0.2) is 0 Å². The van der Waals surface area contributed by atoms with Crippen LogP contribution < -0.4 is 5.32 Å². The molecule has 0 aliphatic rings. The number of carbonyl (C=O) groups is 1. The minimum Gasteiger partial charge on any atom is -0.325 e. The molecule has 3 aromatic carbocycles. The Balaban J connectivity index is 1.86. The first kappa shape index (κ1) is 22.5. The number of nitrogens with zero attached hydrogens (tertiary/aromatic N) is 1. The summed E-state index contributed by atoms with van der Waals surface area (Å²) in [6, 6.07) is 21.6. The minimum atomic E-state index is -3.85. The number of hydrogen-bond donors (Lipinski definition) is 1. The van der Waals surface area contributed by atoms with Crippen LogP contribution in [0.1, 0.15) is 16.7 Å². The maximum atomic E-state index is 13.3. The van der Waals surface area contributed by atoms with Crippen molar-refractivity contribution < 1.29 is 13.2 Å². The quantitative estimate of drug-likeness (QED) is 0.446. The van der Waals surface area contributed by atoms with Crippen LogP contribution in [0.3, 0.4) is 0 Å². The average Bonchev–Trinajstić information content (AvgIpc) is 2.71. The van der Waals surface area contributed by atoms with Crippen LogP contribution in [0.15, 0.2) is 77.7 Å². The van der Waals surface area contributed by atoms with Gasteiger partial charge in [-0.2, -0.15) is 4.31 Å². The predicted molar refractivity (Wildman–Crippen MR) is 128 cm³/mol. The van der Waals surface area contributed by atoms with Crippen LogP contribution >= 0.6 is 22.6 Å². The van der Waals surface area contributed by atoms with Gasteiger partial charge in [0.2, 0.25) is 15.9 Å². The number of carbonyl (C=O) groups excluding carboxylic acids is 1. The van der Waals surface area contributed by atoms with Crippen LogP contribution in [-0.4, -0.2) is 25.2 Å². The van der Waals surface area contributed by atoms with Gasteiger partial charge in [-0.3, -0.25) is 4.79 Å². The van der Waals surface area contributed by atoms with Crippen LogP contribution in [-0.2, 0) is 21.4 Å². The lowest BCUT2D eigenvalue weighted by atomic mass is 10.1. The number of anilines is 1. The summed E-state index contributed by atoms with van der Waals surface area (Å²) in [5, 5.41) is 2.78. The standard InChI is InChI=1S/C23H23IN2O3S/c1-17-3-7-19(8-4-17)15-26(30(28,29)22-13-5-18(2)6-14-22)16-23(27)25-21-11-9-20(24)10-12-21/h3-14H,15-16H2,1-2H3,(H,25,27). The molecule has 0 saturated heterocycles. The Bertz CT molecular complexity index is 1110. The van der Waals surface area contributed by atoms with Crippen LogP contribution in [0.25, 0.3) is 0 Å². The Morgan fingerprint density at radius 1 is 0.867 bits per heavy atom. The number of nitrogens with one attached hydrogen (secondary N) is 1. The molecular weight excluding hydrogens is 511 g/mol. The fraction of sp³-hybridized carbons (Fsp3) is 0.174. The Labute approximate surface area is 191 Å². The Morgan fingerprint density at radius 3 is 1.97 bits per heavy atom. The third-order valence-corrected chi connectivity index (χ3v) is 7.11. The Morgan fingerprint density at radius 2 is 1.40 bits per heavy atom. The normalized spacial score (nSPS) is 11.5. The number of amides is 1. The summed E-state index contributed by atoms with van der Waals surface area (Å²) in [6.45, 7) is 3.70. The monoisotopic (exact) mass is 534 g/mol. The molecule has 0 aliphatic carbocycles. The highest BCUT2D eigenvalue weighted by molar-refractivity contribution is 14.1. The maximum absolute atomic E-state index is 13.3. The van der Waals surface area contributed by atoms with Gasteiger partial charge in [0.1, 0.15) is 0 Å². The fourth-order valence-corrected chi connectivity index (χ4v) is 4.62. The zero-order valence-corrected chi connectivity index (χ0v) is 19.8. The maximum Gasteiger partial charge on any atom is 0.243 e. The van der Waals surface area contributed by atoms with E-state index in [0.717, 1.165) is 20.3 Å². The molecule has 3 aromatic rings. The molecule has 0 fully saturated rings. The summed E-state index contributed by atoms with van der Waals surface area (Å²) in [7, 11) is -3.85. The molecule has 1 N–H and O–H groups in total. The molecule has 3 rings (SSSR count). The van der Waals surface area contributed by atoms with Crippen LogP contribution in [0.4, 0.5) is 5.69 Å². The van der Waals surface area contributed by atoms with Gasteiger partial charge in [-0.15, -0.1) is 0 Å². The number of aryl methyl sites for hydroxylation is 2. The van der Waals surface area contributed by atoms with Crippen molar-refractivity contribution in [3.05, 3.63) is 93.1 Å². The second-order valence-electron chi connectivity index (χ2n) is 7.13. The van der Waals surface area contributed by atoms with Crippen molar-refractivity contribution in [3.63, 3.8) is 0 Å². The summed E-state index contributed by atoms with van der Waals surface area (Å²) in [5.41, 5.74) is 3.50. The van der Waals surface area contributed by atoms with Crippen molar-refractivity contribution in [2.24, 2.45) is 0 Å². The third-order valence-electron chi connectivity index (χ3n) is 4.59. The lowest BCUT2D eigenvalue weighted by Gasteiger charge is -2.22. The van der Waals surface area contributed by atoms with Gasteiger partial charge in [-0.1, -0.05) is 47.5 Å². The summed E-state index contributed by atoms with van der Waals surface area (Å²) in [5.74, 6) is -0.390. The third kappa shape index (κ3) is 5.90. The molecule has 0 aliphatic heterocycles. The van der Waals surface area contributed by atoms with E-state index in [1.54, 1.807) is 36.4 Å². The van der Waals surface area contributed by atoms with Crippen molar-refractivity contribution in [2.45, 2.75) is 25.3 Å². The van der Waals surface area contributed by atoms with E-state index in [-0.39, 0.29) is 23.9 Å².